The van der Waals surface area contributed by atoms with Crippen LogP contribution < -0.4 is 5.32 Å². The Morgan fingerprint density at radius 2 is 2.18 bits per heavy atom. The molecule has 22 heavy (non-hydrogen) atoms. The molecule has 116 valence electrons. The first-order chi connectivity index (χ1) is 10.7. The molecule has 2 aromatic rings. The summed E-state index contributed by atoms with van der Waals surface area (Å²) in [6, 6.07) is 3.60. The minimum absolute atomic E-state index is 0.168. The molecule has 2 aliphatic rings. The molecule has 0 bridgehead atoms. The van der Waals surface area contributed by atoms with Crippen molar-refractivity contribution in [3.63, 3.8) is 0 Å². The van der Waals surface area contributed by atoms with Gasteiger partial charge in [-0.2, -0.15) is 0 Å². The summed E-state index contributed by atoms with van der Waals surface area (Å²) < 4.78 is 1.83. The Morgan fingerprint density at radius 3 is 3.05 bits per heavy atom. The van der Waals surface area contributed by atoms with Crippen LogP contribution in [0.1, 0.15) is 37.9 Å². The molecule has 2 saturated carbocycles. The lowest BCUT2D eigenvalue weighted by Crippen LogP contribution is -2.47. The lowest BCUT2D eigenvalue weighted by atomic mass is 9.58. The predicted octanol–water partition coefficient (Wildman–Crippen LogP) is 2.83. The van der Waals surface area contributed by atoms with E-state index in [1.807, 2.05) is 10.5 Å². The van der Waals surface area contributed by atoms with Crippen LogP contribution >= 0.6 is 11.6 Å². The van der Waals surface area contributed by atoms with Gasteiger partial charge >= 0.3 is 0 Å². The molecule has 3 atom stereocenters. The van der Waals surface area contributed by atoms with E-state index < -0.39 is 0 Å². The summed E-state index contributed by atoms with van der Waals surface area (Å²) in [5, 5.41) is 11.9. The maximum absolute atomic E-state index is 12.4. The molecule has 2 fully saturated rings. The third-order valence-electron chi connectivity index (χ3n) is 5.24. The van der Waals surface area contributed by atoms with Gasteiger partial charge in [-0.25, -0.2) is 0 Å². The fourth-order valence-electron chi connectivity index (χ4n) is 4.00. The van der Waals surface area contributed by atoms with Crippen molar-refractivity contribution in [1.29, 1.82) is 0 Å². The number of halogens is 1. The van der Waals surface area contributed by atoms with Crippen LogP contribution in [0.2, 0.25) is 5.02 Å². The average molecular weight is 319 g/mol. The van der Waals surface area contributed by atoms with Gasteiger partial charge in [0.2, 0.25) is 5.91 Å². The van der Waals surface area contributed by atoms with Crippen molar-refractivity contribution in [3.8, 4) is 0 Å². The second kappa shape index (κ2) is 5.54. The number of rotatable bonds is 3. The van der Waals surface area contributed by atoms with Crippen molar-refractivity contribution in [2.45, 2.75) is 38.6 Å². The van der Waals surface area contributed by atoms with Gasteiger partial charge in [0, 0.05) is 12.1 Å². The molecule has 0 aliphatic heterocycles. The van der Waals surface area contributed by atoms with Crippen LogP contribution in [-0.2, 0) is 11.3 Å². The van der Waals surface area contributed by atoms with E-state index in [-0.39, 0.29) is 11.8 Å². The molecule has 1 N–H and O–H groups in total. The first kappa shape index (κ1) is 14.0. The summed E-state index contributed by atoms with van der Waals surface area (Å²) in [4.78, 5) is 12.4. The maximum atomic E-state index is 12.4. The van der Waals surface area contributed by atoms with Gasteiger partial charge < -0.3 is 5.32 Å². The standard InChI is InChI=1S/C16H19ClN4O/c17-11-5-6-14-19-20-15(21(14)9-11)8-18-16(22)13-7-10-3-1-2-4-12(10)13/h5-6,9-10,12-13H,1-4,7-8H2,(H,18,22)/t10-,12-,13+/m0/s1. The first-order valence-electron chi connectivity index (χ1n) is 7.99. The molecule has 2 aliphatic carbocycles. The molecular weight excluding hydrogens is 300 g/mol. The fraction of sp³-hybridized carbons (Fsp3) is 0.562. The Hall–Kier alpha value is -1.62. The number of nitrogens with zero attached hydrogens (tertiary/aromatic N) is 3. The Balaban J connectivity index is 1.41. The highest BCUT2D eigenvalue weighted by Gasteiger charge is 2.45. The van der Waals surface area contributed by atoms with Crippen LogP contribution in [0.4, 0.5) is 0 Å². The minimum Gasteiger partial charge on any atom is -0.349 e. The Labute approximate surface area is 134 Å². The largest absolute Gasteiger partial charge is 0.349 e. The molecular formula is C16H19ClN4O. The quantitative estimate of drug-likeness (QED) is 0.946. The number of carbonyl (C=O) groups is 1. The maximum Gasteiger partial charge on any atom is 0.223 e. The van der Waals surface area contributed by atoms with Crippen molar-refractivity contribution in [3.05, 3.63) is 29.2 Å². The van der Waals surface area contributed by atoms with Gasteiger partial charge in [0.05, 0.1) is 11.6 Å². The summed E-state index contributed by atoms with van der Waals surface area (Å²) in [6.45, 7) is 0.397. The zero-order valence-corrected chi connectivity index (χ0v) is 13.1. The van der Waals surface area contributed by atoms with Crippen molar-refractivity contribution in [1.82, 2.24) is 19.9 Å². The highest BCUT2D eigenvalue weighted by atomic mass is 35.5. The predicted molar refractivity (Wildman–Crippen MR) is 83.4 cm³/mol. The van der Waals surface area contributed by atoms with Crippen molar-refractivity contribution >= 4 is 23.2 Å². The molecule has 0 saturated heterocycles. The van der Waals surface area contributed by atoms with Crippen LogP contribution in [0.25, 0.3) is 5.65 Å². The second-order valence-corrected chi connectivity index (χ2v) is 6.90. The number of pyridine rings is 1. The second-order valence-electron chi connectivity index (χ2n) is 6.46. The third-order valence-corrected chi connectivity index (χ3v) is 5.46. The number of amides is 1. The summed E-state index contributed by atoms with van der Waals surface area (Å²) in [7, 11) is 0. The molecule has 0 unspecified atom stereocenters. The number of hydrogen-bond acceptors (Lipinski definition) is 3. The molecule has 2 heterocycles. The van der Waals surface area contributed by atoms with E-state index in [1.165, 1.54) is 25.7 Å². The van der Waals surface area contributed by atoms with Crippen molar-refractivity contribution < 1.29 is 4.79 Å². The number of carbonyl (C=O) groups excluding carboxylic acids is 1. The van der Waals surface area contributed by atoms with E-state index in [1.54, 1.807) is 12.3 Å². The topological polar surface area (TPSA) is 59.3 Å². The first-order valence-corrected chi connectivity index (χ1v) is 8.37. The summed E-state index contributed by atoms with van der Waals surface area (Å²) >= 11 is 6.00. The molecule has 0 aromatic carbocycles. The minimum atomic E-state index is 0.168. The lowest BCUT2D eigenvalue weighted by Gasteiger charge is -2.46. The zero-order valence-electron chi connectivity index (χ0n) is 12.3. The zero-order chi connectivity index (χ0) is 15.1. The van der Waals surface area contributed by atoms with Crippen LogP contribution in [0, 0.1) is 17.8 Å². The monoisotopic (exact) mass is 318 g/mol. The molecule has 2 aromatic heterocycles. The van der Waals surface area contributed by atoms with E-state index in [2.05, 4.69) is 15.5 Å². The van der Waals surface area contributed by atoms with Gasteiger partial charge in [0.25, 0.3) is 0 Å². The summed E-state index contributed by atoms with van der Waals surface area (Å²) in [6.07, 6.45) is 7.97. The van der Waals surface area contributed by atoms with Crippen molar-refractivity contribution in [2.75, 3.05) is 0 Å². The van der Waals surface area contributed by atoms with E-state index >= 15 is 0 Å². The molecule has 5 nitrogen and oxygen atoms in total. The van der Waals surface area contributed by atoms with Crippen LogP contribution in [0.15, 0.2) is 18.3 Å². The van der Waals surface area contributed by atoms with E-state index in [9.17, 15) is 4.79 Å². The van der Waals surface area contributed by atoms with Gasteiger partial charge in [0.1, 0.15) is 0 Å². The SMILES string of the molecule is O=C(NCc1nnc2ccc(Cl)cn12)[C@@H]1C[C@@H]2CCCC[C@@H]21. The number of nitrogens with one attached hydrogen (secondary N) is 1. The van der Waals surface area contributed by atoms with Crippen LogP contribution in [0.5, 0.6) is 0 Å². The van der Waals surface area contributed by atoms with E-state index in [4.69, 9.17) is 11.6 Å². The van der Waals surface area contributed by atoms with Gasteiger partial charge in [-0.1, -0.05) is 30.9 Å². The molecule has 4 rings (SSSR count). The molecule has 0 radical (unpaired) electrons. The molecule has 6 heteroatoms. The molecule has 1 amide bonds. The van der Waals surface area contributed by atoms with Crippen LogP contribution in [-0.4, -0.2) is 20.5 Å². The third kappa shape index (κ3) is 2.37. The van der Waals surface area contributed by atoms with Crippen LogP contribution in [0.3, 0.4) is 0 Å². The molecule has 0 spiro atoms. The lowest BCUT2D eigenvalue weighted by molar-refractivity contribution is -0.135. The number of aromatic nitrogens is 3. The van der Waals surface area contributed by atoms with Gasteiger partial charge in [-0.15, -0.1) is 10.2 Å². The Bertz CT molecular complexity index is 713. The summed E-state index contributed by atoms with van der Waals surface area (Å²) in [5.41, 5.74) is 0.740. The Kier molecular flexibility index (Phi) is 3.53. The highest BCUT2D eigenvalue weighted by molar-refractivity contribution is 6.30. The normalized spacial score (nSPS) is 27.2. The number of hydrogen-bond donors (Lipinski definition) is 1. The van der Waals surface area contributed by atoms with E-state index in [0.717, 1.165) is 18.0 Å². The van der Waals surface area contributed by atoms with Gasteiger partial charge in [0.15, 0.2) is 11.5 Å². The number of fused-ring (bicyclic) bond motifs is 2. The van der Waals surface area contributed by atoms with Crippen molar-refractivity contribution in [2.24, 2.45) is 17.8 Å². The smallest absolute Gasteiger partial charge is 0.223 e. The summed E-state index contributed by atoms with van der Waals surface area (Å²) in [5.74, 6) is 2.48. The fourth-order valence-corrected chi connectivity index (χ4v) is 4.16. The van der Waals surface area contributed by atoms with E-state index in [0.29, 0.717) is 23.3 Å². The van der Waals surface area contributed by atoms with Gasteiger partial charge in [-0.3, -0.25) is 9.20 Å². The van der Waals surface area contributed by atoms with Gasteiger partial charge in [-0.05, 0) is 36.8 Å². The highest BCUT2D eigenvalue weighted by Crippen LogP contribution is 2.49. The Morgan fingerprint density at radius 1 is 1.32 bits per heavy atom. The average Bonchev–Trinajstić information content (AvgIpc) is 2.88.